The third-order valence-corrected chi connectivity index (χ3v) is 5.76. The number of rotatable bonds is 6. The van der Waals surface area contributed by atoms with E-state index in [4.69, 9.17) is 15.4 Å². The van der Waals surface area contributed by atoms with E-state index in [9.17, 15) is 16.8 Å². The maximum Gasteiger partial charge on any atom is 0.265 e. The van der Waals surface area contributed by atoms with Crippen LogP contribution in [-0.4, -0.2) is 34.9 Å². The molecule has 0 saturated carbocycles. The Morgan fingerprint density at radius 1 is 1.26 bits per heavy atom. The lowest BCUT2D eigenvalue weighted by Gasteiger charge is -2.09. The van der Waals surface area contributed by atoms with Gasteiger partial charge in [-0.3, -0.25) is 0 Å². The molecule has 0 fully saturated rings. The van der Waals surface area contributed by atoms with E-state index < -0.39 is 18.9 Å². The first kappa shape index (κ1) is 16.7. The van der Waals surface area contributed by atoms with E-state index >= 15 is 0 Å². The van der Waals surface area contributed by atoms with Gasteiger partial charge in [0.05, 0.1) is 5.75 Å². The highest BCUT2D eigenvalue weighted by atomic mass is 79.9. The fraction of sp³-hybridized carbons (Fsp3) is 0.400. The normalized spacial score (nSPS) is 12.4. The molecule has 108 valence electrons. The third-order valence-electron chi connectivity index (χ3n) is 2.26. The number of benzene rings is 1. The van der Waals surface area contributed by atoms with E-state index in [1.54, 1.807) is 6.07 Å². The molecular weight excluding hydrogens is 380 g/mol. The Labute approximate surface area is 125 Å². The first-order chi connectivity index (χ1) is 8.65. The molecule has 0 bridgehead atoms. The Hall–Kier alpha value is -0.310. The van der Waals surface area contributed by atoms with Crippen LogP contribution in [0.1, 0.15) is 6.92 Å². The van der Waals surface area contributed by atoms with Crippen LogP contribution in [-0.2, 0) is 18.9 Å². The van der Waals surface area contributed by atoms with Gasteiger partial charge in [0.1, 0.15) is 17.3 Å². The standard InChI is InChI=1S/C10H12BrClO5S2/c1-2-18(13,14)6-5-17-9-4-3-8(11)7-10(9)19(12,15)16/h3-4,7H,2,5-6H2,1H3. The second kappa shape index (κ2) is 6.43. The number of ether oxygens (including phenoxy) is 1. The molecule has 9 heteroatoms. The highest BCUT2D eigenvalue weighted by Crippen LogP contribution is 2.30. The van der Waals surface area contributed by atoms with Gasteiger partial charge in [0.2, 0.25) is 0 Å². The molecule has 5 nitrogen and oxygen atoms in total. The smallest absolute Gasteiger partial charge is 0.265 e. The van der Waals surface area contributed by atoms with Gasteiger partial charge in [-0.1, -0.05) is 22.9 Å². The van der Waals surface area contributed by atoms with Gasteiger partial charge in [-0.25, -0.2) is 16.8 Å². The molecule has 0 unspecified atom stereocenters. The van der Waals surface area contributed by atoms with E-state index in [2.05, 4.69) is 15.9 Å². The molecule has 0 aliphatic rings. The molecule has 0 N–H and O–H groups in total. The molecule has 0 radical (unpaired) electrons. The zero-order valence-corrected chi connectivity index (χ0v) is 13.9. The summed E-state index contributed by atoms with van der Waals surface area (Å²) in [5.41, 5.74) is 0. The van der Waals surface area contributed by atoms with Crippen molar-refractivity contribution in [3.05, 3.63) is 22.7 Å². The molecule has 0 aliphatic carbocycles. The van der Waals surface area contributed by atoms with Crippen LogP contribution in [0.5, 0.6) is 5.75 Å². The maximum absolute atomic E-state index is 11.4. The molecule has 1 rings (SSSR count). The highest BCUT2D eigenvalue weighted by Gasteiger charge is 2.18. The number of hydrogen-bond acceptors (Lipinski definition) is 5. The molecule has 0 spiro atoms. The lowest BCUT2D eigenvalue weighted by molar-refractivity contribution is 0.332. The number of sulfone groups is 1. The Kier molecular flexibility index (Phi) is 5.66. The van der Waals surface area contributed by atoms with Gasteiger partial charge in [0, 0.05) is 20.9 Å². The fourth-order valence-corrected chi connectivity index (χ4v) is 3.35. The zero-order valence-electron chi connectivity index (χ0n) is 9.97. The first-order valence-electron chi connectivity index (χ1n) is 5.23. The predicted octanol–water partition coefficient (Wildman–Crippen LogP) is 2.19. The minimum absolute atomic E-state index is 0.0113. The van der Waals surface area contributed by atoms with E-state index in [0.717, 1.165) is 0 Å². The van der Waals surface area contributed by atoms with Crippen LogP contribution >= 0.6 is 26.6 Å². The lowest BCUT2D eigenvalue weighted by Crippen LogP contribution is -2.16. The topological polar surface area (TPSA) is 77.5 Å². The molecule has 0 amide bonds. The maximum atomic E-state index is 11.4. The molecule has 0 atom stereocenters. The van der Waals surface area contributed by atoms with Crippen molar-refractivity contribution in [2.24, 2.45) is 0 Å². The Bertz CT molecular complexity index is 654. The quantitative estimate of drug-likeness (QED) is 0.695. The van der Waals surface area contributed by atoms with Crippen molar-refractivity contribution in [3.63, 3.8) is 0 Å². The van der Waals surface area contributed by atoms with Crippen LogP contribution in [0.25, 0.3) is 0 Å². The summed E-state index contributed by atoms with van der Waals surface area (Å²) in [5.74, 6) is -0.136. The lowest BCUT2D eigenvalue weighted by atomic mass is 10.3. The van der Waals surface area contributed by atoms with Crippen molar-refractivity contribution in [1.82, 2.24) is 0 Å². The van der Waals surface area contributed by atoms with Gasteiger partial charge in [0.15, 0.2) is 9.84 Å². The van der Waals surface area contributed by atoms with Crippen molar-refractivity contribution in [1.29, 1.82) is 0 Å². The number of hydrogen-bond donors (Lipinski definition) is 0. The minimum Gasteiger partial charge on any atom is -0.491 e. The average Bonchev–Trinajstić information content (AvgIpc) is 2.29. The van der Waals surface area contributed by atoms with Crippen molar-refractivity contribution >= 4 is 45.5 Å². The molecule has 19 heavy (non-hydrogen) atoms. The summed E-state index contributed by atoms with van der Waals surface area (Å²) < 4.78 is 51.0. The van der Waals surface area contributed by atoms with Gasteiger partial charge >= 0.3 is 0 Å². The van der Waals surface area contributed by atoms with E-state index in [1.807, 2.05) is 0 Å². The SMILES string of the molecule is CCS(=O)(=O)CCOc1ccc(Br)cc1S(=O)(=O)Cl. The third kappa shape index (κ3) is 5.29. The van der Waals surface area contributed by atoms with E-state index in [1.165, 1.54) is 19.1 Å². The van der Waals surface area contributed by atoms with Crippen molar-refractivity contribution in [2.75, 3.05) is 18.1 Å². The van der Waals surface area contributed by atoms with Crippen LogP contribution in [0, 0.1) is 0 Å². The average molecular weight is 392 g/mol. The molecule has 1 aromatic rings. The van der Waals surface area contributed by atoms with E-state index in [-0.39, 0.29) is 28.8 Å². The summed E-state index contributed by atoms with van der Waals surface area (Å²) in [6.07, 6.45) is 0. The molecule has 0 aromatic heterocycles. The van der Waals surface area contributed by atoms with Crippen LogP contribution in [0.3, 0.4) is 0 Å². The van der Waals surface area contributed by atoms with Crippen LogP contribution < -0.4 is 4.74 Å². The van der Waals surface area contributed by atoms with Gasteiger partial charge in [-0.15, -0.1) is 0 Å². The molecule has 0 heterocycles. The van der Waals surface area contributed by atoms with Gasteiger partial charge in [-0.2, -0.15) is 0 Å². The van der Waals surface area contributed by atoms with Gasteiger partial charge in [0.25, 0.3) is 9.05 Å². The molecule has 1 aromatic carbocycles. The predicted molar refractivity (Wildman–Crippen MR) is 77.0 cm³/mol. The van der Waals surface area contributed by atoms with Crippen molar-refractivity contribution in [3.8, 4) is 5.75 Å². The van der Waals surface area contributed by atoms with Crippen LogP contribution in [0.2, 0.25) is 0 Å². The van der Waals surface area contributed by atoms with Gasteiger partial charge in [-0.05, 0) is 18.2 Å². The summed E-state index contributed by atoms with van der Waals surface area (Å²) >= 11 is 3.13. The van der Waals surface area contributed by atoms with Crippen molar-refractivity contribution in [2.45, 2.75) is 11.8 Å². The fourth-order valence-electron chi connectivity index (χ4n) is 1.21. The first-order valence-corrected chi connectivity index (χ1v) is 10.2. The van der Waals surface area contributed by atoms with Crippen LogP contribution in [0.15, 0.2) is 27.6 Å². The largest absolute Gasteiger partial charge is 0.491 e. The second-order valence-corrected chi connectivity index (χ2v) is 9.54. The Morgan fingerprint density at radius 2 is 1.89 bits per heavy atom. The van der Waals surface area contributed by atoms with Gasteiger partial charge < -0.3 is 4.74 Å². The minimum atomic E-state index is -3.96. The highest BCUT2D eigenvalue weighted by molar-refractivity contribution is 9.10. The molecular formula is C10H12BrClO5S2. The van der Waals surface area contributed by atoms with E-state index in [0.29, 0.717) is 4.47 Å². The summed E-state index contributed by atoms with van der Waals surface area (Å²) in [6.45, 7) is 1.40. The zero-order chi connectivity index (χ0) is 14.7. The van der Waals surface area contributed by atoms with Crippen LogP contribution in [0.4, 0.5) is 0 Å². The Morgan fingerprint density at radius 3 is 2.42 bits per heavy atom. The summed E-state index contributed by atoms with van der Waals surface area (Å²) in [6, 6.07) is 4.29. The monoisotopic (exact) mass is 390 g/mol. The molecule has 0 aliphatic heterocycles. The number of halogens is 2. The second-order valence-electron chi connectivity index (χ2n) is 3.61. The van der Waals surface area contributed by atoms with Crippen molar-refractivity contribution < 1.29 is 21.6 Å². The Balaban J connectivity index is 2.91. The summed E-state index contributed by atoms with van der Waals surface area (Å²) in [7, 11) is -1.84. The summed E-state index contributed by atoms with van der Waals surface area (Å²) in [4.78, 5) is -0.197. The molecule has 0 saturated heterocycles. The summed E-state index contributed by atoms with van der Waals surface area (Å²) in [5, 5.41) is 0.